The Morgan fingerprint density at radius 1 is 1.25 bits per heavy atom. The van der Waals surface area contributed by atoms with E-state index >= 15 is 0 Å². The second-order valence-corrected chi connectivity index (χ2v) is 6.41. The highest BCUT2D eigenvalue weighted by atomic mass is 35.5. The van der Waals surface area contributed by atoms with E-state index in [1.54, 1.807) is 19.2 Å². The maximum Gasteiger partial charge on any atom is 0.192 e. The summed E-state index contributed by atoms with van der Waals surface area (Å²) in [6.45, 7) is 1.88. The van der Waals surface area contributed by atoms with Gasteiger partial charge in [0.15, 0.2) is 23.0 Å². The SMILES string of the molecule is COc1cccc2c1Oc1ccc(Cl)c(O)c1N2C1CCNCC1. The number of rotatable bonds is 2. The second kappa shape index (κ2) is 6.07. The number of fused-ring (bicyclic) bond motifs is 2. The van der Waals surface area contributed by atoms with Crippen molar-refractivity contribution in [1.82, 2.24) is 5.32 Å². The number of methoxy groups -OCH3 is 1. The number of hydrogen-bond acceptors (Lipinski definition) is 5. The molecule has 0 amide bonds. The summed E-state index contributed by atoms with van der Waals surface area (Å²) >= 11 is 6.17. The fourth-order valence-corrected chi connectivity index (χ4v) is 3.64. The van der Waals surface area contributed by atoms with Gasteiger partial charge in [-0.3, -0.25) is 0 Å². The first kappa shape index (κ1) is 15.4. The number of piperidine rings is 1. The highest BCUT2D eigenvalue weighted by Crippen LogP contribution is 2.56. The summed E-state index contributed by atoms with van der Waals surface area (Å²) in [6.07, 6.45) is 1.95. The molecule has 0 radical (unpaired) electrons. The Labute approximate surface area is 145 Å². The Balaban J connectivity index is 1.92. The first-order valence-electron chi connectivity index (χ1n) is 8.07. The molecule has 0 spiro atoms. The normalized spacial score (nSPS) is 17.0. The molecule has 0 unspecified atom stereocenters. The topological polar surface area (TPSA) is 54.0 Å². The number of ether oxygens (including phenoxy) is 2. The molecule has 0 saturated carbocycles. The van der Waals surface area contributed by atoms with Crippen LogP contribution in [0.3, 0.4) is 0 Å². The van der Waals surface area contributed by atoms with Gasteiger partial charge in [0.2, 0.25) is 0 Å². The molecule has 2 heterocycles. The van der Waals surface area contributed by atoms with Gasteiger partial charge in [-0.1, -0.05) is 17.7 Å². The maximum atomic E-state index is 10.6. The van der Waals surface area contributed by atoms with Crippen LogP contribution < -0.4 is 19.7 Å². The van der Waals surface area contributed by atoms with E-state index in [2.05, 4.69) is 10.2 Å². The minimum absolute atomic E-state index is 0.0566. The van der Waals surface area contributed by atoms with Crippen LogP contribution in [0, 0.1) is 0 Å². The lowest BCUT2D eigenvalue weighted by Crippen LogP contribution is -2.41. The molecule has 0 atom stereocenters. The molecule has 2 aromatic rings. The molecule has 2 N–H and O–H groups in total. The van der Waals surface area contributed by atoms with Crippen LogP contribution in [0.5, 0.6) is 23.0 Å². The van der Waals surface area contributed by atoms with E-state index in [1.807, 2.05) is 18.2 Å². The number of para-hydroxylation sites is 1. The lowest BCUT2D eigenvalue weighted by molar-refractivity contribution is 0.368. The van der Waals surface area contributed by atoms with Crippen molar-refractivity contribution < 1.29 is 14.6 Å². The van der Waals surface area contributed by atoms with Crippen LogP contribution in [-0.4, -0.2) is 31.3 Å². The van der Waals surface area contributed by atoms with Gasteiger partial charge < -0.3 is 24.8 Å². The van der Waals surface area contributed by atoms with Gasteiger partial charge in [-0.2, -0.15) is 0 Å². The van der Waals surface area contributed by atoms with Crippen molar-refractivity contribution >= 4 is 23.0 Å². The van der Waals surface area contributed by atoms with E-state index in [0.717, 1.165) is 31.6 Å². The lowest BCUT2D eigenvalue weighted by atomic mass is 10.0. The Bertz CT molecular complexity index is 775. The van der Waals surface area contributed by atoms with Gasteiger partial charge in [-0.05, 0) is 50.2 Å². The van der Waals surface area contributed by atoms with E-state index in [1.165, 1.54) is 0 Å². The summed E-state index contributed by atoms with van der Waals surface area (Å²) in [7, 11) is 1.63. The first-order chi connectivity index (χ1) is 11.7. The first-order valence-corrected chi connectivity index (χ1v) is 8.44. The van der Waals surface area contributed by atoms with Crippen LogP contribution in [0.15, 0.2) is 30.3 Å². The molecule has 5 nitrogen and oxygen atoms in total. The minimum Gasteiger partial charge on any atom is -0.504 e. The average Bonchev–Trinajstić information content (AvgIpc) is 2.63. The maximum absolute atomic E-state index is 10.6. The largest absolute Gasteiger partial charge is 0.504 e. The number of benzene rings is 2. The molecule has 1 fully saturated rings. The van der Waals surface area contributed by atoms with Gasteiger partial charge in [-0.15, -0.1) is 0 Å². The molecule has 24 heavy (non-hydrogen) atoms. The number of nitrogens with zero attached hydrogens (tertiary/aromatic N) is 1. The summed E-state index contributed by atoms with van der Waals surface area (Å²) in [6, 6.07) is 9.49. The van der Waals surface area contributed by atoms with Crippen molar-refractivity contribution in [2.45, 2.75) is 18.9 Å². The van der Waals surface area contributed by atoms with Gasteiger partial charge in [0.05, 0.1) is 17.8 Å². The van der Waals surface area contributed by atoms with Crippen LogP contribution >= 0.6 is 11.6 Å². The van der Waals surface area contributed by atoms with Crippen LogP contribution in [0.25, 0.3) is 0 Å². The summed E-state index contributed by atoms with van der Waals surface area (Å²) in [5.74, 6) is 1.99. The fraction of sp³-hybridized carbons (Fsp3) is 0.333. The molecule has 4 rings (SSSR count). The number of halogens is 1. The Morgan fingerprint density at radius 3 is 2.79 bits per heavy atom. The Morgan fingerprint density at radius 2 is 2.04 bits per heavy atom. The number of anilines is 2. The van der Waals surface area contributed by atoms with Gasteiger partial charge in [-0.25, -0.2) is 0 Å². The summed E-state index contributed by atoms with van der Waals surface area (Å²) in [5, 5.41) is 14.3. The molecule has 6 heteroatoms. The lowest BCUT2D eigenvalue weighted by Gasteiger charge is -2.40. The highest BCUT2D eigenvalue weighted by molar-refractivity contribution is 6.32. The van der Waals surface area contributed by atoms with E-state index in [4.69, 9.17) is 21.1 Å². The number of aromatic hydroxyl groups is 1. The predicted octanol–water partition coefficient (Wildman–Crippen LogP) is 4.05. The molecule has 2 aromatic carbocycles. The third kappa shape index (κ3) is 2.36. The van der Waals surface area contributed by atoms with E-state index in [0.29, 0.717) is 28.0 Å². The van der Waals surface area contributed by atoms with Crippen molar-refractivity contribution in [2.24, 2.45) is 0 Å². The molecule has 0 bridgehead atoms. The van der Waals surface area contributed by atoms with Crippen LogP contribution in [0.2, 0.25) is 5.02 Å². The monoisotopic (exact) mass is 346 g/mol. The Kier molecular flexibility index (Phi) is 3.90. The molecule has 2 aliphatic rings. The molecule has 1 saturated heterocycles. The fourth-order valence-electron chi connectivity index (χ4n) is 3.48. The molecule has 0 aromatic heterocycles. The van der Waals surface area contributed by atoms with Crippen molar-refractivity contribution in [3.63, 3.8) is 0 Å². The zero-order chi connectivity index (χ0) is 16.7. The minimum atomic E-state index is 0.0566. The number of nitrogens with one attached hydrogen (secondary N) is 1. The zero-order valence-corrected chi connectivity index (χ0v) is 14.1. The van der Waals surface area contributed by atoms with E-state index in [9.17, 15) is 5.11 Å². The highest BCUT2D eigenvalue weighted by Gasteiger charge is 2.35. The van der Waals surface area contributed by atoms with Gasteiger partial charge in [0, 0.05) is 6.04 Å². The van der Waals surface area contributed by atoms with E-state index < -0.39 is 0 Å². The zero-order valence-electron chi connectivity index (χ0n) is 13.4. The number of hydrogen-bond donors (Lipinski definition) is 2. The molecule has 0 aliphatic carbocycles. The second-order valence-electron chi connectivity index (χ2n) is 6.00. The predicted molar refractivity (Wildman–Crippen MR) is 94.2 cm³/mol. The molecular formula is C18H19ClN2O3. The Hall–Kier alpha value is -2.11. The smallest absolute Gasteiger partial charge is 0.192 e. The molecule has 126 valence electrons. The third-order valence-electron chi connectivity index (χ3n) is 4.63. The third-order valence-corrected chi connectivity index (χ3v) is 4.93. The summed E-state index contributed by atoms with van der Waals surface area (Å²) < 4.78 is 11.5. The standard InChI is InChI=1S/C18H19ClN2O3/c1-23-15-4-2-3-13-18(15)24-14-6-5-12(19)17(22)16(14)21(13)11-7-9-20-10-8-11/h2-6,11,20,22H,7-10H2,1H3. The van der Waals surface area contributed by atoms with Crippen molar-refractivity contribution in [3.05, 3.63) is 35.4 Å². The van der Waals surface area contributed by atoms with Crippen molar-refractivity contribution in [3.8, 4) is 23.0 Å². The summed E-state index contributed by atoms with van der Waals surface area (Å²) in [5.41, 5.74) is 1.53. The van der Waals surface area contributed by atoms with Gasteiger partial charge >= 0.3 is 0 Å². The van der Waals surface area contributed by atoms with Crippen molar-refractivity contribution in [1.29, 1.82) is 0 Å². The van der Waals surface area contributed by atoms with Gasteiger partial charge in [0.25, 0.3) is 0 Å². The van der Waals surface area contributed by atoms with Crippen LogP contribution in [-0.2, 0) is 0 Å². The molecular weight excluding hydrogens is 328 g/mol. The number of phenols is 1. The molecule has 2 aliphatic heterocycles. The average molecular weight is 347 g/mol. The van der Waals surface area contributed by atoms with E-state index in [-0.39, 0.29) is 11.8 Å². The quantitative estimate of drug-likeness (QED) is 0.859. The summed E-state index contributed by atoms with van der Waals surface area (Å²) in [4.78, 5) is 2.15. The van der Waals surface area contributed by atoms with Gasteiger partial charge in [0.1, 0.15) is 5.69 Å². The number of phenolic OH excluding ortho intramolecular Hbond substituents is 1. The van der Waals surface area contributed by atoms with Crippen LogP contribution in [0.1, 0.15) is 12.8 Å². The van der Waals surface area contributed by atoms with Crippen LogP contribution in [0.4, 0.5) is 11.4 Å². The van der Waals surface area contributed by atoms with Crippen molar-refractivity contribution in [2.75, 3.05) is 25.1 Å².